The Bertz CT molecular complexity index is 2940. The smallest absolute Gasteiger partial charge is 0.135 e. The summed E-state index contributed by atoms with van der Waals surface area (Å²) in [6.45, 7) is 0. The lowest BCUT2D eigenvalue weighted by Crippen LogP contribution is -2.26. The van der Waals surface area contributed by atoms with Crippen LogP contribution in [0.15, 0.2) is 182 Å². The zero-order valence-electron chi connectivity index (χ0n) is 28.2. The van der Waals surface area contributed by atoms with Crippen molar-refractivity contribution in [1.29, 1.82) is 0 Å². The first-order valence-electron chi connectivity index (χ1n) is 18.1. The second-order valence-electron chi connectivity index (χ2n) is 14.3. The molecule has 0 fully saturated rings. The van der Waals surface area contributed by atoms with Gasteiger partial charge in [-0.2, -0.15) is 0 Å². The molecule has 240 valence electrons. The van der Waals surface area contributed by atoms with Gasteiger partial charge in [0.15, 0.2) is 0 Å². The Morgan fingerprint density at radius 3 is 1.83 bits per heavy atom. The van der Waals surface area contributed by atoms with E-state index in [0.29, 0.717) is 0 Å². The molecule has 2 aliphatic carbocycles. The summed E-state index contributed by atoms with van der Waals surface area (Å²) in [5.41, 5.74) is 17.5. The van der Waals surface area contributed by atoms with E-state index in [1.54, 1.807) is 0 Å². The van der Waals surface area contributed by atoms with Crippen LogP contribution in [-0.2, 0) is 5.41 Å². The van der Waals surface area contributed by atoms with Crippen LogP contribution in [0.2, 0.25) is 0 Å². The van der Waals surface area contributed by atoms with Crippen LogP contribution in [0.1, 0.15) is 22.3 Å². The summed E-state index contributed by atoms with van der Waals surface area (Å²) < 4.78 is 6.51. The third kappa shape index (κ3) is 3.48. The van der Waals surface area contributed by atoms with Crippen molar-refractivity contribution in [1.82, 2.24) is 0 Å². The molecule has 1 aliphatic heterocycles. The lowest BCUT2D eigenvalue weighted by molar-refractivity contribution is 0.487. The van der Waals surface area contributed by atoms with Gasteiger partial charge < -0.3 is 4.74 Å². The molecule has 9 aromatic carbocycles. The van der Waals surface area contributed by atoms with Gasteiger partial charge in [-0.15, -0.1) is 0 Å². The summed E-state index contributed by atoms with van der Waals surface area (Å²) in [6, 6.07) is 67.3. The molecule has 0 bridgehead atoms. The highest BCUT2D eigenvalue weighted by atomic mass is 16.5. The van der Waals surface area contributed by atoms with E-state index in [9.17, 15) is 0 Å². The van der Waals surface area contributed by atoms with E-state index in [2.05, 4.69) is 176 Å². The van der Waals surface area contributed by atoms with E-state index in [1.165, 1.54) is 93.9 Å². The van der Waals surface area contributed by atoms with E-state index in [-0.39, 0.29) is 0 Å². The van der Waals surface area contributed by atoms with Crippen molar-refractivity contribution in [2.45, 2.75) is 5.41 Å². The SMILES string of the molecule is c1ccc(-c2cc3ccccc3c3c2-c2ccc(-c4ccc5c6c(cccc46)-c4ccccc4O5)cc2C32c3ccccc3-c3ccccc32)cc1. The summed E-state index contributed by atoms with van der Waals surface area (Å²) >= 11 is 0. The maximum atomic E-state index is 6.51. The summed E-state index contributed by atoms with van der Waals surface area (Å²) in [5.74, 6) is 1.82. The fourth-order valence-corrected chi connectivity index (χ4v) is 9.86. The van der Waals surface area contributed by atoms with Crippen molar-refractivity contribution in [2.75, 3.05) is 0 Å². The zero-order chi connectivity index (χ0) is 34.0. The second-order valence-corrected chi connectivity index (χ2v) is 14.3. The molecule has 0 amide bonds. The Morgan fingerprint density at radius 2 is 1.00 bits per heavy atom. The number of hydrogen-bond acceptors (Lipinski definition) is 1. The van der Waals surface area contributed by atoms with Gasteiger partial charge in [0.2, 0.25) is 0 Å². The summed E-state index contributed by atoms with van der Waals surface area (Å²) in [7, 11) is 0. The fourth-order valence-electron chi connectivity index (χ4n) is 9.86. The van der Waals surface area contributed by atoms with E-state index < -0.39 is 5.41 Å². The minimum Gasteiger partial charge on any atom is -0.456 e. The Kier molecular flexibility index (Phi) is 5.49. The van der Waals surface area contributed by atoms with Crippen LogP contribution in [0.4, 0.5) is 0 Å². The van der Waals surface area contributed by atoms with Gasteiger partial charge in [0.25, 0.3) is 0 Å². The highest BCUT2D eigenvalue weighted by Crippen LogP contribution is 2.66. The first-order valence-corrected chi connectivity index (χ1v) is 18.1. The molecule has 1 nitrogen and oxygen atoms in total. The lowest BCUT2D eigenvalue weighted by Gasteiger charge is -2.32. The minimum atomic E-state index is -0.493. The number of hydrogen-bond donors (Lipinski definition) is 0. The first-order chi connectivity index (χ1) is 25.8. The molecular formula is C51H30O. The monoisotopic (exact) mass is 658 g/mol. The third-order valence-corrected chi connectivity index (χ3v) is 11.9. The Hall–Kier alpha value is -6.70. The van der Waals surface area contributed by atoms with Gasteiger partial charge in [0.1, 0.15) is 11.5 Å². The van der Waals surface area contributed by atoms with Gasteiger partial charge in [0.05, 0.1) is 5.41 Å². The highest BCUT2D eigenvalue weighted by molar-refractivity contribution is 6.12. The molecule has 1 heterocycles. The molecule has 0 unspecified atom stereocenters. The van der Waals surface area contributed by atoms with Crippen LogP contribution in [0.3, 0.4) is 0 Å². The Labute approximate surface area is 302 Å². The number of benzene rings is 9. The first kappa shape index (κ1) is 28.0. The quantitative estimate of drug-likeness (QED) is 0.180. The van der Waals surface area contributed by atoms with Crippen LogP contribution in [0.5, 0.6) is 11.5 Å². The van der Waals surface area contributed by atoms with Crippen molar-refractivity contribution in [2.24, 2.45) is 0 Å². The maximum Gasteiger partial charge on any atom is 0.135 e. The molecule has 0 saturated heterocycles. The molecule has 0 saturated carbocycles. The van der Waals surface area contributed by atoms with Crippen molar-refractivity contribution in [3.63, 3.8) is 0 Å². The Balaban J connectivity index is 1.22. The molecule has 1 spiro atoms. The number of fused-ring (bicyclic) bond motifs is 14. The highest BCUT2D eigenvalue weighted by Gasteiger charge is 2.53. The molecule has 52 heavy (non-hydrogen) atoms. The third-order valence-electron chi connectivity index (χ3n) is 11.9. The van der Waals surface area contributed by atoms with E-state index in [4.69, 9.17) is 4.74 Å². The summed E-state index contributed by atoms with van der Waals surface area (Å²) in [5, 5.41) is 4.94. The van der Waals surface area contributed by atoms with Crippen molar-refractivity contribution >= 4 is 21.5 Å². The van der Waals surface area contributed by atoms with Crippen LogP contribution in [0.25, 0.3) is 77.2 Å². The van der Waals surface area contributed by atoms with E-state index in [1.807, 2.05) is 6.07 Å². The molecule has 0 N–H and O–H groups in total. The predicted octanol–water partition coefficient (Wildman–Crippen LogP) is 13.4. The van der Waals surface area contributed by atoms with Gasteiger partial charge in [-0.3, -0.25) is 0 Å². The van der Waals surface area contributed by atoms with Gasteiger partial charge in [-0.05, 0) is 113 Å². The van der Waals surface area contributed by atoms with Crippen molar-refractivity contribution in [3.05, 3.63) is 204 Å². The average molecular weight is 659 g/mol. The van der Waals surface area contributed by atoms with Crippen LogP contribution >= 0.6 is 0 Å². The van der Waals surface area contributed by atoms with E-state index >= 15 is 0 Å². The second kappa shape index (κ2) is 10.2. The van der Waals surface area contributed by atoms with Gasteiger partial charge in [0, 0.05) is 10.9 Å². The standard InChI is InChI=1S/C51H30O/c1-2-13-31(14-3-1)42-29-32-15-4-5-16-35(32)50-49(42)41-26-25-33(30-45(41)51(50)43-22-9-6-17-36(43)37-18-7-10-23-44(37)51)34-27-28-47-48-39(34)20-12-21-40(48)38-19-8-11-24-46(38)52-47/h1-30H. The minimum absolute atomic E-state index is 0.493. The lowest BCUT2D eigenvalue weighted by atomic mass is 9.69. The molecule has 0 aromatic heterocycles. The number of para-hydroxylation sites is 1. The predicted molar refractivity (Wildman–Crippen MR) is 214 cm³/mol. The number of rotatable bonds is 2. The molecule has 9 aromatic rings. The van der Waals surface area contributed by atoms with Crippen LogP contribution in [-0.4, -0.2) is 0 Å². The number of ether oxygens (including phenoxy) is 1. The van der Waals surface area contributed by atoms with Gasteiger partial charge in [-0.1, -0.05) is 158 Å². The van der Waals surface area contributed by atoms with Crippen LogP contribution < -0.4 is 4.74 Å². The maximum absolute atomic E-state index is 6.51. The van der Waals surface area contributed by atoms with Gasteiger partial charge >= 0.3 is 0 Å². The summed E-state index contributed by atoms with van der Waals surface area (Å²) in [4.78, 5) is 0. The molecule has 0 radical (unpaired) electrons. The molecular weight excluding hydrogens is 629 g/mol. The molecule has 1 heteroatoms. The average Bonchev–Trinajstić information content (AvgIpc) is 3.69. The van der Waals surface area contributed by atoms with E-state index in [0.717, 1.165) is 17.1 Å². The normalized spacial score (nSPS) is 13.7. The fraction of sp³-hybridized carbons (Fsp3) is 0.0196. The Morgan fingerprint density at radius 1 is 0.346 bits per heavy atom. The summed E-state index contributed by atoms with van der Waals surface area (Å²) in [6.07, 6.45) is 0. The van der Waals surface area contributed by atoms with Crippen LogP contribution in [0, 0.1) is 0 Å². The topological polar surface area (TPSA) is 9.23 Å². The largest absolute Gasteiger partial charge is 0.456 e. The molecule has 12 rings (SSSR count). The molecule has 3 aliphatic rings. The van der Waals surface area contributed by atoms with Crippen molar-refractivity contribution < 1.29 is 4.74 Å². The van der Waals surface area contributed by atoms with Crippen molar-refractivity contribution in [3.8, 4) is 67.1 Å². The molecule has 0 atom stereocenters. The zero-order valence-corrected chi connectivity index (χ0v) is 28.2. The van der Waals surface area contributed by atoms with Gasteiger partial charge in [-0.25, -0.2) is 0 Å².